The molecule has 1 aliphatic carbocycles. The fourth-order valence-corrected chi connectivity index (χ4v) is 3.89. The predicted octanol–water partition coefficient (Wildman–Crippen LogP) is 2.75. The van der Waals surface area contributed by atoms with Crippen LogP contribution in [-0.2, 0) is 7.05 Å². The summed E-state index contributed by atoms with van der Waals surface area (Å²) in [6.07, 6.45) is 11.5. The zero-order chi connectivity index (χ0) is 16.2. The van der Waals surface area contributed by atoms with Crippen LogP contribution in [-0.4, -0.2) is 33.3 Å². The van der Waals surface area contributed by atoms with Gasteiger partial charge in [0.25, 0.3) is 5.56 Å². The van der Waals surface area contributed by atoms with E-state index in [1.54, 1.807) is 7.05 Å². The molecule has 126 valence electrons. The minimum absolute atomic E-state index is 0.0987. The molecular weight excluding hydrogens is 292 g/mol. The molecule has 1 N–H and O–H groups in total. The van der Waals surface area contributed by atoms with Crippen molar-refractivity contribution in [2.45, 2.75) is 57.4 Å². The average molecular weight is 318 g/mol. The minimum Gasteiger partial charge on any atom is -0.322 e. The van der Waals surface area contributed by atoms with Gasteiger partial charge < -0.3 is 10.2 Å². The summed E-state index contributed by atoms with van der Waals surface area (Å²) >= 11 is 0. The zero-order valence-electron chi connectivity index (χ0n) is 13.8. The van der Waals surface area contributed by atoms with Gasteiger partial charge in [0.2, 0.25) is 0 Å². The number of urea groups is 1. The maximum atomic E-state index is 12.5. The van der Waals surface area contributed by atoms with E-state index < -0.39 is 0 Å². The van der Waals surface area contributed by atoms with Crippen LogP contribution in [0.5, 0.6) is 0 Å². The lowest BCUT2D eigenvalue weighted by atomic mass is 9.84. The molecule has 1 atom stereocenters. The smallest absolute Gasteiger partial charge is 0.322 e. The molecule has 0 aromatic carbocycles. The second-order valence-corrected chi connectivity index (χ2v) is 6.87. The monoisotopic (exact) mass is 318 g/mol. The van der Waals surface area contributed by atoms with Crippen LogP contribution in [0.4, 0.5) is 10.5 Å². The van der Waals surface area contributed by atoms with Crippen LogP contribution >= 0.6 is 0 Å². The van der Waals surface area contributed by atoms with Crippen LogP contribution < -0.4 is 10.9 Å². The normalized spacial score (nSPS) is 22.3. The maximum absolute atomic E-state index is 12.5. The van der Waals surface area contributed by atoms with E-state index in [9.17, 15) is 9.59 Å². The number of anilines is 1. The third kappa shape index (κ3) is 3.92. The lowest BCUT2D eigenvalue weighted by Crippen LogP contribution is -2.40. The fourth-order valence-electron chi connectivity index (χ4n) is 3.89. The lowest BCUT2D eigenvalue weighted by Gasteiger charge is -2.30. The number of hydrogen-bond donors (Lipinski definition) is 1. The van der Waals surface area contributed by atoms with Gasteiger partial charge in [-0.3, -0.25) is 4.79 Å². The molecule has 6 heteroatoms. The summed E-state index contributed by atoms with van der Waals surface area (Å²) in [5.74, 6) is 0.771. The molecule has 1 saturated heterocycles. The van der Waals surface area contributed by atoms with E-state index in [1.165, 1.54) is 49.0 Å². The number of aryl methyl sites for hydroxylation is 1. The third-order valence-electron chi connectivity index (χ3n) is 5.19. The first kappa shape index (κ1) is 16.0. The Labute approximate surface area is 136 Å². The van der Waals surface area contributed by atoms with Crippen molar-refractivity contribution in [1.29, 1.82) is 0 Å². The van der Waals surface area contributed by atoms with Gasteiger partial charge in [-0.1, -0.05) is 32.1 Å². The van der Waals surface area contributed by atoms with Crippen molar-refractivity contribution in [2.24, 2.45) is 13.0 Å². The molecule has 0 bridgehead atoms. The number of carbonyl (C=O) groups is 1. The third-order valence-corrected chi connectivity index (χ3v) is 5.19. The molecule has 1 aromatic rings. The summed E-state index contributed by atoms with van der Waals surface area (Å²) in [5.41, 5.74) is 0.254. The summed E-state index contributed by atoms with van der Waals surface area (Å²) in [6, 6.07) is 1.66. The van der Waals surface area contributed by atoms with Crippen LogP contribution in [0.3, 0.4) is 0 Å². The summed E-state index contributed by atoms with van der Waals surface area (Å²) in [7, 11) is 1.59. The van der Waals surface area contributed by atoms with E-state index in [1.807, 2.05) is 4.90 Å². The molecule has 2 heterocycles. The van der Waals surface area contributed by atoms with Crippen molar-refractivity contribution in [2.75, 3.05) is 11.9 Å². The quantitative estimate of drug-likeness (QED) is 0.932. The first-order chi connectivity index (χ1) is 11.1. The highest BCUT2D eigenvalue weighted by Gasteiger charge is 2.31. The summed E-state index contributed by atoms with van der Waals surface area (Å²) in [6.45, 7) is 0.807. The Bertz CT molecular complexity index is 607. The van der Waals surface area contributed by atoms with Crippen LogP contribution in [0.15, 0.2) is 17.1 Å². The van der Waals surface area contributed by atoms with Gasteiger partial charge in [-0.05, 0) is 25.2 Å². The molecule has 1 unspecified atom stereocenters. The van der Waals surface area contributed by atoms with Crippen molar-refractivity contribution in [3.63, 3.8) is 0 Å². The number of carbonyl (C=O) groups excluding carboxylic acids is 1. The Kier molecular flexibility index (Phi) is 4.98. The van der Waals surface area contributed by atoms with Crippen molar-refractivity contribution in [3.8, 4) is 0 Å². The van der Waals surface area contributed by atoms with E-state index in [2.05, 4.69) is 10.4 Å². The molecule has 1 saturated carbocycles. The molecule has 23 heavy (non-hydrogen) atoms. The Morgan fingerprint density at radius 1 is 1.26 bits per heavy atom. The topological polar surface area (TPSA) is 67.2 Å². The number of aromatic nitrogens is 2. The predicted molar refractivity (Wildman–Crippen MR) is 89.4 cm³/mol. The molecule has 0 radical (unpaired) electrons. The fraction of sp³-hybridized carbons (Fsp3) is 0.706. The Hall–Kier alpha value is -1.85. The van der Waals surface area contributed by atoms with Gasteiger partial charge in [-0.15, -0.1) is 0 Å². The Morgan fingerprint density at radius 2 is 2.04 bits per heavy atom. The van der Waals surface area contributed by atoms with E-state index in [0.29, 0.717) is 11.7 Å². The number of likely N-dealkylation sites (tertiary alicyclic amines) is 1. The van der Waals surface area contributed by atoms with Gasteiger partial charge in [0.15, 0.2) is 0 Å². The molecule has 1 aliphatic heterocycles. The molecule has 2 aliphatic rings. The highest BCUT2D eigenvalue weighted by molar-refractivity contribution is 5.89. The molecule has 2 fully saturated rings. The van der Waals surface area contributed by atoms with E-state index >= 15 is 0 Å². The van der Waals surface area contributed by atoms with Crippen molar-refractivity contribution in [3.05, 3.63) is 22.6 Å². The Balaban J connectivity index is 1.60. The van der Waals surface area contributed by atoms with E-state index in [0.717, 1.165) is 31.7 Å². The van der Waals surface area contributed by atoms with Crippen LogP contribution in [0.2, 0.25) is 0 Å². The van der Waals surface area contributed by atoms with Crippen molar-refractivity contribution < 1.29 is 4.79 Å². The average Bonchev–Trinajstić information content (AvgIpc) is 3.00. The first-order valence-electron chi connectivity index (χ1n) is 8.74. The maximum Gasteiger partial charge on any atom is 0.322 e. The number of rotatable bonds is 3. The molecular formula is C17H26N4O2. The highest BCUT2D eigenvalue weighted by Crippen LogP contribution is 2.32. The summed E-state index contributed by atoms with van der Waals surface area (Å²) in [5, 5.41) is 6.77. The Morgan fingerprint density at radius 3 is 2.78 bits per heavy atom. The van der Waals surface area contributed by atoms with Gasteiger partial charge in [0.1, 0.15) is 0 Å². The molecule has 2 amide bonds. The number of nitrogens with zero attached hydrogens (tertiary/aromatic N) is 3. The van der Waals surface area contributed by atoms with Crippen molar-refractivity contribution >= 4 is 11.7 Å². The van der Waals surface area contributed by atoms with Crippen LogP contribution in [0.25, 0.3) is 0 Å². The van der Waals surface area contributed by atoms with Gasteiger partial charge >= 0.3 is 6.03 Å². The number of nitrogens with one attached hydrogen (secondary N) is 1. The molecule has 1 aromatic heterocycles. The SMILES string of the molecule is Cn1ncc(NC(=O)N2CCCC2CC2CCCCC2)cc1=O. The largest absolute Gasteiger partial charge is 0.322 e. The summed E-state index contributed by atoms with van der Waals surface area (Å²) < 4.78 is 1.25. The highest BCUT2D eigenvalue weighted by atomic mass is 16.2. The van der Waals surface area contributed by atoms with E-state index in [4.69, 9.17) is 0 Å². The zero-order valence-corrected chi connectivity index (χ0v) is 13.8. The first-order valence-corrected chi connectivity index (χ1v) is 8.74. The van der Waals surface area contributed by atoms with Crippen molar-refractivity contribution in [1.82, 2.24) is 14.7 Å². The van der Waals surface area contributed by atoms with E-state index in [-0.39, 0.29) is 11.6 Å². The minimum atomic E-state index is -0.219. The number of amides is 2. The summed E-state index contributed by atoms with van der Waals surface area (Å²) in [4.78, 5) is 26.1. The second kappa shape index (κ2) is 7.15. The lowest BCUT2D eigenvalue weighted by molar-refractivity contribution is 0.190. The molecule has 6 nitrogen and oxygen atoms in total. The standard InChI is InChI=1S/C17H26N4O2/c1-20-16(22)11-14(12-18-20)19-17(23)21-9-5-8-15(21)10-13-6-3-2-4-7-13/h11-13,15H,2-10H2,1H3,(H,19,23). The van der Waals surface area contributed by atoms with Crippen LogP contribution in [0.1, 0.15) is 51.4 Å². The van der Waals surface area contributed by atoms with Gasteiger partial charge in [-0.25, -0.2) is 9.48 Å². The number of hydrogen-bond acceptors (Lipinski definition) is 3. The van der Waals surface area contributed by atoms with Gasteiger partial charge in [0.05, 0.1) is 11.9 Å². The molecule has 0 spiro atoms. The second-order valence-electron chi connectivity index (χ2n) is 6.87. The van der Waals surface area contributed by atoms with Crippen LogP contribution in [0, 0.1) is 5.92 Å². The van der Waals surface area contributed by atoms with Gasteiger partial charge in [-0.2, -0.15) is 5.10 Å². The van der Waals surface area contributed by atoms with Gasteiger partial charge in [0, 0.05) is 25.7 Å². The molecule has 3 rings (SSSR count).